The number of rotatable bonds is 11. The molecule has 2 fully saturated rings. The quantitative estimate of drug-likeness (QED) is 0.133. The summed E-state index contributed by atoms with van der Waals surface area (Å²) in [5, 5.41) is 4.70. The van der Waals surface area contributed by atoms with Gasteiger partial charge in [-0.3, -0.25) is 9.59 Å². The van der Waals surface area contributed by atoms with Crippen LogP contribution in [0.15, 0.2) is 48.7 Å². The molecule has 6 atom stereocenters. The average Bonchev–Trinajstić information content (AvgIpc) is 4.04. The van der Waals surface area contributed by atoms with E-state index in [2.05, 4.69) is 64.7 Å². The number of carbonyl (C=O) groups is 3. The minimum absolute atomic E-state index is 0.0500. The number of benzene rings is 3. The van der Waals surface area contributed by atoms with E-state index in [1.807, 2.05) is 29.8 Å². The van der Waals surface area contributed by atoms with Gasteiger partial charge in [0.1, 0.15) is 30.0 Å². The van der Waals surface area contributed by atoms with Gasteiger partial charge in [-0.2, -0.15) is 0 Å². The zero-order valence-corrected chi connectivity index (χ0v) is 33.4. The van der Waals surface area contributed by atoms with E-state index in [0.29, 0.717) is 39.1 Å². The summed E-state index contributed by atoms with van der Waals surface area (Å²) in [6, 6.07) is 13.7. The fourth-order valence-electron chi connectivity index (χ4n) is 8.83. The Balaban J connectivity index is 1.05. The van der Waals surface area contributed by atoms with E-state index in [9.17, 15) is 14.4 Å². The molecule has 3 N–H and O–H groups in total. The van der Waals surface area contributed by atoms with Crippen LogP contribution in [0.3, 0.4) is 0 Å². The molecule has 5 heterocycles. The zero-order valence-electron chi connectivity index (χ0n) is 33.4. The molecule has 8 rings (SSSR count). The number of nitrogens with zero attached hydrogens (tertiary/aromatic N) is 4. The largest absolute Gasteiger partial charge is 0.488 e. The second kappa shape index (κ2) is 15.8. The van der Waals surface area contributed by atoms with Crippen LogP contribution in [0, 0.1) is 11.8 Å². The molecule has 3 aliphatic heterocycles. The third-order valence-corrected chi connectivity index (χ3v) is 11.9. The zero-order chi connectivity index (χ0) is 40.0. The molecule has 2 saturated heterocycles. The molecule has 3 aliphatic rings. The Morgan fingerprint density at radius 1 is 0.982 bits per heavy atom. The van der Waals surface area contributed by atoms with Crippen LogP contribution in [-0.4, -0.2) is 101 Å². The van der Waals surface area contributed by atoms with E-state index < -0.39 is 12.1 Å². The summed E-state index contributed by atoms with van der Waals surface area (Å²) in [4.78, 5) is 59.6. The van der Waals surface area contributed by atoms with Gasteiger partial charge < -0.3 is 44.0 Å². The van der Waals surface area contributed by atoms with Crippen LogP contribution in [0.1, 0.15) is 75.8 Å². The van der Waals surface area contributed by atoms with Gasteiger partial charge in [-0.25, -0.2) is 14.8 Å². The van der Waals surface area contributed by atoms with Gasteiger partial charge in [0.2, 0.25) is 11.8 Å². The summed E-state index contributed by atoms with van der Waals surface area (Å²) in [5.74, 6) is 2.70. The van der Waals surface area contributed by atoms with Crippen LogP contribution in [-0.2, 0) is 30.4 Å². The summed E-state index contributed by atoms with van der Waals surface area (Å²) >= 11 is 0. The van der Waals surface area contributed by atoms with E-state index in [0.717, 1.165) is 80.0 Å². The summed E-state index contributed by atoms with van der Waals surface area (Å²) < 4.78 is 22.1. The minimum Gasteiger partial charge on any atom is -0.488 e. The number of amides is 3. The molecule has 0 radical (unpaired) electrons. The molecule has 2 aromatic heterocycles. The van der Waals surface area contributed by atoms with Gasteiger partial charge in [0.15, 0.2) is 0 Å². The predicted molar refractivity (Wildman–Crippen MR) is 214 cm³/mol. The van der Waals surface area contributed by atoms with Crippen molar-refractivity contribution in [2.75, 3.05) is 41.0 Å². The molecular weight excluding hydrogens is 727 g/mol. The van der Waals surface area contributed by atoms with Crippen LogP contribution in [0.4, 0.5) is 4.79 Å². The Kier molecular flexibility index (Phi) is 10.7. The van der Waals surface area contributed by atoms with Gasteiger partial charge in [-0.15, -0.1) is 0 Å². The molecule has 14 nitrogen and oxygen atoms in total. The number of fused-ring (bicyclic) bond motifs is 6. The van der Waals surface area contributed by atoms with Gasteiger partial charge in [0.05, 0.1) is 61.2 Å². The molecule has 0 saturated carbocycles. The number of aromatic amines is 2. The summed E-state index contributed by atoms with van der Waals surface area (Å²) in [6.45, 7) is 8.08. The molecule has 0 bridgehead atoms. The highest BCUT2D eigenvalue weighted by molar-refractivity contribution is 6.07. The van der Waals surface area contributed by atoms with E-state index in [4.69, 9.17) is 28.9 Å². The standard InChI is InChI=1S/C43H51N7O7/c1-7-32(47-43(53)56-6)42(52)50-19-23(2)12-35(50)40-44-18-34(46-40)27-8-10-29-28(15-27)22-57-37-17-30-26(16-31(29)37)9-11-33-39(30)48-41(45-33)36-14-25(21-54-4)20-49(36)38(51)13-24(3)55-5/h8-11,15-18,23-25,32,35-36H,7,12-14,19-22H2,1-6H3,(H,44,46)(H,45,48)(H,47,53)/t23-,24+,25-,32-,35-,36-/m0/s1. The smallest absolute Gasteiger partial charge is 0.407 e. The fourth-order valence-corrected chi connectivity index (χ4v) is 8.83. The SMILES string of the molecule is CC[C@H](NC(=O)OC)C(=O)N1C[C@@H](C)C[C@H]1c1ncc(-c2ccc3c(c2)COc2cc4c(ccc5[nH]c([C@@H]6C[C@H](COC)CN6C(=O)C[C@@H](C)OC)nc54)cc2-3)[nH]1. The highest BCUT2D eigenvalue weighted by Crippen LogP contribution is 2.44. The highest BCUT2D eigenvalue weighted by Gasteiger charge is 2.40. The molecule has 3 amide bonds. The number of alkyl carbamates (subject to hydrolysis) is 1. The lowest BCUT2D eigenvalue weighted by Gasteiger charge is -2.27. The van der Waals surface area contributed by atoms with Crippen molar-refractivity contribution in [3.8, 4) is 28.1 Å². The van der Waals surface area contributed by atoms with E-state index in [1.165, 1.54) is 7.11 Å². The van der Waals surface area contributed by atoms with Crippen LogP contribution >= 0.6 is 0 Å². The first-order valence-electron chi connectivity index (χ1n) is 19.8. The number of aromatic nitrogens is 4. The molecule has 0 aliphatic carbocycles. The van der Waals surface area contributed by atoms with Gasteiger partial charge in [-0.1, -0.05) is 32.0 Å². The summed E-state index contributed by atoms with van der Waals surface area (Å²) in [5.41, 5.74) is 6.75. The van der Waals surface area contributed by atoms with Gasteiger partial charge in [0, 0.05) is 44.2 Å². The Morgan fingerprint density at radius 3 is 2.58 bits per heavy atom. The number of H-pyrrole nitrogens is 2. The maximum atomic E-state index is 13.6. The molecule has 57 heavy (non-hydrogen) atoms. The maximum absolute atomic E-state index is 13.6. The van der Waals surface area contributed by atoms with Crippen molar-refractivity contribution < 1.29 is 33.3 Å². The predicted octanol–water partition coefficient (Wildman–Crippen LogP) is 6.67. The van der Waals surface area contributed by atoms with Crippen molar-refractivity contribution in [2.45, 2.75) is 77.3 Å². The molecular formula is C43H51N7O7. The lowest BCUT2D eigenvalue weighted by molar-refractivity contribution is -0.135. The molecule has 300 valence electrons. The van der Waals surface area contributed by atoms with Crippen molar-refractivity contribution in [1.82, 2.24) is 35.1 Å². The molecule has 0 unspecified atom stereocenters. The first-order valence-corrected chi connectivity index (χ1v) is 19.8. The number of hydrogen-bond donors (Lipinski definition) is 3. The summed E-state index contributed by atoms with van der Waals surface area (Å²) in [7, 11) is 4.62. The topological polar surface area (TPSA) is 164 Å². The Bertz CT molecular complexity index is 2320. The number of nitrogens with one attached hydrogen (secondary N) is 3. The molecule has 14 heteroatoms. The average molecular weight is 778 g/mol. The number of methoxy groups -OCH3 is 3. The van der Waals surface area contributed by atoms with Crippen molar-refractivity contribution in [2.24, 2.45) is 11.8 Å². The molecule has 0 spiro atoms. The normalized spacial score (nSPS) is 21.3. The van der Waals surface area contributed by atoms with Crippen molar-refractivity contribution in [1.29, 1.82) is 0 Å². The Labute approximate surface area is 331 Å². The van der Waals surface area contributed by atoms with Gasteiger partial charge in [0.25, 0.3) is 0 Å². The van der Waals surface area contributed by atoms with Crippen LogP contribution in [0.2, 0.25) is 0 Å². The summed E-state index contributed by atoms with van der Waals surface area (Å²) in [6.07, 6.45) is 3.32. The first kappa shape index (κ1) is 38.4. The lowest BCUT2D eigenvalue weighted by atomic mass is 9.92. The Morgan fingerprint density at radius 2 is 1.81 bits per heavy atom. The van der Waals surface area contributed by atoms with Crippen molar-refractivity contribution in [3.05, 3.63) is 65.9 Å². The first-order chi connectivity index (χ1) is 27.6. The number of hydrogen-bond acceptors (Lipinski definition) is 9. The fraction of sp³-hybridized carbons (Fsp3) is 0.465. The van der Waals surface area contributed by atoms with Crippen molar-refractivity contribution in [3.63, 3.8) is 0 Å². The second-order valence-corrected chi connectivity index (χ2v) is 15.8. The molecule has 5 aromatic rings. The van der Waals surface area contributed by atoms with Gasteiger partial charge in [-0.05, 0) is 78.4 Å². The number of likely N-dealkylation sites (tertiary alicyclic amines) is 2. The minimum atomic E-state index is -0.673. The number of carbonyl (C=O) groups excluding carboxylic acids is 3. The van der Waals surface area contributed by atoms with Crippen LogP contribution in [0.5, 0.6) is 5.75 Å². The highest BCUT2D eigenvalue weighted by atomic mass is 16.5. The van der Waals surface area contributed by atoms with Gasteiger partial charge >= 0.3 is 6.09 Å². The third kappa shape index (κ3) is 7.32. The van der Waals surface area contributed by atoms with E-state index in [-0.39, 0.29) is 41.8 Å². The Hall–Kier alpha value is -5.47. The van der Waals surface area contributed by atoms with E-state index in [1.54, 1.807) is 14.2 Å². The van der Waals surface area contributed by atoms with Crippen LogP contribution < -0.4 is 10.1 Å². The lowest BCUT2D eigenvalue weighted by Crippen LogP contribution is -2.48. The number of ether oxygens (including phenoxy) is 4. The van der Waals surface area contributed by atoms with Crippen molar-refractivity contribution >= 4 is 39.7 Å². The maximum Gasteiger partial charge on any atom is 0.407 e. The molecule has 3 aromatic carbocycles. The monoisotopic (exact) mass is 777 g/mol. The van der Waals surface area contributed by atoms with Crippen LogP contribution in [0.25, 0.3) is 44.2 Å². The second-order valence-electron chi connectivity index (χ2n) is 15.8. The third-order valence-electron chi connectivity index (χ3n) is 11.9. The number of imidazole rings is 2. The van der Waals surface area contributed by atoms with E-state index >= 15 is 0 Å².